The molecule has 7 fully saturated rings. The van der Waals surface area contributed by atoms with Crippen molar-refractivity contribution < 1.29 is 78.4 Å². The van der Waals surface area contributed by atoms with Gasteiger partial charge >= 0.3 is 12.4 Å². The fourth-order valence-electron chi connectivity index (χ4n) is 19.3. The van der Waals surface area contributed by atoms with E-state index in [9.17, 15) is 26.3 Å². The first-order chi connectivity index (χ1) is 69.7. The van der Waals surface area contributed by atoms with Crippen molar-refractivity contribution in [2.45, 2.75) is 182 Å². The Morgan fingerprint density at radius 1 is 0.196 bits per heavy atom. The molecule has 760 valence electrons. The lowest BCUT2D eigenvalue weighted by atomic mass is 10.1. The molecule has 7 aliphatic heterocycles. The van der Waals surface area contributed by atoms with Crippen molar-refractivity contribution in [3.63, 3.8) is 0 Å². The standard InChI is InChI=1S/C18H23O2S.C18H23OS.C17H18F3OS.2C17H21O2S.C16H16F3OS.C16H19O2S/c1-19-11-12-20-17-9-10-18(21-13-5-2-6-14-21)16-8-4-3-7-15(16)17;1-18(2,3)19-16-10-11-17(20-12-6-7-13-20)15-9-5-4-8-14(15)16;18-17(19,20)12-21-15-8-9-16(22-10-4-1-5-11-22)14-7-3-2-6-13(14)15;1-18-13-19-16-9-10-17(20-11-5-2-6-12-20)15-8-4-3-7-14(15)16;1-18-10-11-19-16-8-9-17(20-12-4-5-13-20)15-7-3-2-6-14(15)16;17-16(18,19)11-20-14-7-8-15(21-9-3-4-10-21)13-6-2-1-5-12(13)14;1-17-12-18-15-8-9-16(19-10-4-5-11-19)14-7-3-2-6-13(14)15/h3-4,7-10H,2,5-6,11-14H2,1H3;4-5,8-11H,6-7,12-13H2,1-3H3;2-3,6-9H,1,4-5,10-12H2;3-4,7-10H,2,5-6,11-13H2,1H3;2-3,6-9H,4-5,10-13H2,1H3;1-2,5-8H,3-4,9-11H2;2-3,6-9H,4-5,10-12H2,1H3/q7*+1. The summed E-state index contributed by atoms with van der Waals surface area (Å²) in [4.78, 5) is 10.2. The molecule has 0 atom stereocenters. The summed E-state index contributed by atoms with van der Waals surface area (Å²) in [6.45, 7) is 6.88. The third-order valence-corrected chi connectivity index (χ3v) is 43.8. The molecule has 7 heterocycles. The number of alkyl halides is 6. The number of methoxy groups -OCH3 is 4. The molecule has 143 heavy (non-hydrogen) atoms. The van der Waals surface area contributed by atoms with E-state index >= 15 is 0 Å². The average Bonchev–Trinajstić information content (AvgIpc) is 1.63. The Morgan fingerprint density at radius 3 is 0.559 bits per heavy atom. The molecule has 0 radical (unpaired) electrons. The summed E-state index contributed by atoms with van der Waals surface area (Å²) in [6.07, 6.45) is 14.2. The van der Waals surface area contributed by atoms with E-state index in [0.29, 0.717) is 106 Å². The smallest absolute Gasteiger partial charge is 0.422 e. The summed E-state index contributed by atoms with van der Waals surface area (Å²) in [7, 11) is 9.30. The molecule has 24 heteroatoms. The molecular weight excluding hydrogens is 1940 g/mol. The molecule has 7 aliphatic rings. The van der Waals surface area contributed by atoms with Crippen molar-refractivity contribution in [2.24, 2.45) is 0 Å². The van der Waals surface area contributed by atoms with Gasteiger partial charge in [0.2, 0.25) is 0 Å². The molecule has 0 unspecified atom stereocenters. The summed E-state index contributed by atoms with van der Waals surface area (Å²) >= 11 is 0. The number of ether oxygens (including phenoxy) is 11. The van der Waals surface area contributed by atoms with Gasteiger partial charge in [-0.25, -0.2) is 0 Å². The van der Waals surface area contributed by atoms with Crippen LogP contribution >= 0.6 is 0 Å². The Balaban J connectivity index is 0.000000126. The highest BCUT2D eigenvalue weighted by Crippen LogP contribution is 2.44. The van der Waals surface area contributed by atoms with E-state index in [1.807, 2.05) is 60.7 Å². The van der Waals surface area contributed by atoms with Crippen LogP contribution in [0, 0.1) is 0 Å². The Morgan fingerprint density at radius 2 is 0.371 bits per heavy atom. The molecular formula is C119H141F6O11S7+7. The Hall–Kier alpha value is -8.63. The largest absolute Gasteiger partial charge is 0.491 e. The number of benzene rings is 14. The number of hydrogen-bond acceptors (Lipinski definition) is 11. The highest BCUT2D eigenvalue weighted by atomic mass is 32.2. The van der Waals surface area contributed by atoms with Crippen LogP contribution < -0.4 is 33.2 Å². The van der Waals surface area contributed by atoms with Crippen molar-refractivity contribution in [1.82, 2.24) is 0 Å². The molecule has 0 aliphatic carbocycles. The van der Waals surface area contributed by atoms with Gasteiger partial charge in [0.25, 0.3) is 0 Å². The lowest BCUT2D eigenvalue weighted by Crippen LogP contribution is -2.23. The van der Waals surface area contributed by atoms with Gasteiger partial charge in [0, 0.05) is 180 Å². The van der Waals surface area contributed by atoms with Gasteiger partial charge < -0.3 is 52.1 Å². The second kappa shape index (κ2) is 54.9. The predicted octanol–water partition coefficient (Wildman–Crippen LogP) is 29.5. The lowest BCUT2D eigenvalue weighted by molar-refractivity contribution is -0.153. The number of fused-ring (bicyclic) bond motifs is 7. The van der Waals surface area contributed by atoms with Crippen LogP contribution in [-0.2, 0) is 95.2 Å². The second-order valence-corrected chi connectivity index (χ2v) is 53.1. The van der Waals surface area contributed by atoms with Crippen LogP contribution in [0.3, 0.4) is 0 Å². The molecule has 0 bridgehead atoms. The third kappa shape index (κ3) is 30.6. The molecule has 0 spiro atoms. The Labute approximate surface area is 862 Å². The fourth-order valence-corrected chi connectivity index (χ4v) is 36.8. The summed E-state index contributed by atoms with van der Waals surface area (Å²) < 4.78 is 134. The van der Waals surface area contributed by atoms with Crippen LogP contribution in [0.2, 0.25) is 0 Å². The minimum Gasteiger partial charge on any atom is -0.491 e. The molecule has 0 amide bonds. The minimum atomic E-state index is -4.31. The summed E-state index contributed by atoms with van der Waals surface area (Å²) in [6, 6.07) is 87.7. The van der Waals surface area contributed by atoms with Crippen LogP contribution in [0.5, 0.6) is 40.2 Å². The molecule has 7 saturated heterocycles. The lowest BCUT2D eigenvalue weighted by Gasteiger charge is -2.22. The number of hydrogen-bond donors (Lipinski definition) is 0. The molecule has 14 aromatic carbocycles. The van der Waals surface area contributed by atoms with Crippen LogP contribution in [0.1, 0.15) is 130 Å². The van der Waals surface area contributed by atoms with E-state index in [1.165, 1.54) is 273 Å². The quantitative estimate of drug-likeness (QED) is 0.0224. The normalized spacial score (nSPS) is 16.4. The van der Waals surface area contributed by atoms with Crippen molar-refractivity contribution in [1.29, 1.82) is 0 Å². The zero-order valence-corrected chi connectivity index (χ0v) is 89.7. The highest BCUT2D eigenvalue weighted by Gasteiger charge is 2.38. The maximum atomic E-state index is 12.4. The van der Waals surface area contributed by atoms with E-state index < -0.39 is 25.6 Å². The first-order valence-corrected chi connectivity index (χ1v) is 61.6. The maximum absolute atomic E-state index is 12.4. The predicted molar refractivity (Wildman–Crippen MR) is 597 cm³/mol. The zero-order valence-electron chi connectivity index (χ0n) is 83.9. The average molecular weight is 2090 g/mol. The molecule has 0 N–H and O–H groups in total. The SMILES string of the molecule is CC(C)(C)Oc1ccc([S+]2CCCC2)c2ccccc12.COCCOc1ccc([S+]2CCCC2)c2ccccc12.COCCOc1ccc([S+]2CCCCC2)c2ccccc12.COCOc1ccc([S+]2CCCC2)c2ccccc12.COCOc1ccc([S+]2CCCCC2)c2ccccc12.FC(F)(F)COc1ccc([S+]2CCCC2)c2ccccc12.FC(F)(F)COc1ccc([S+]2CCCCC2)c2ccccc12. The van der Waals surface area contributed by atoms with E-state index in [0.717, 1.165) is 50.3 Å². The van der Waals surface area contributed by atoms with E-state index in [1.54, 1.807) is 45.5 Å². The van der Waals surface area contributed by atoms with Crippen LogP contribution in [-0.4, -0.2) is 180 Å². The van der Waals surface area contributed by atoms with E-state index in [-0.39, 0.29) is 27.4 Å². The van der Waals surface area contributed by atoms with Gasteiger partial charge in [-0.3, -0.25) is 0 Å². The Kier molecular flexibility index (Phi) is 41.7. The van der Waals surface area contributed by atoms with Gasteiger partial charge in [-0.1, -0.05) is 127 Å². The van der Waals surface area contributed by atoms with Gasteiger partial charge in [-0.15, -0.1) is 0 Å². The van der Waals surface area contributed by atoms with Crippen molar-refractivity contribution in [3.05, 3.63) is 255 Å². The zero-order chi connectivity index (χ0) is 99.8. The van der Waals surface area contributed by atoms with Crippen molar-refractivity contribution >= 4 is 152 Å². The van der Waals surface area contributed by atoms with Gasteiger partial charge in [0.1, 0.15) is 140 Å². The third-order valence-electron chi connectivity index (χ3n) is 26.0. The van der Waals surface area contributed by atoms with Crippen LogP contribution in [0.15, 0.2) is 289 Å². The molecule has 11 nitrogen and oxygen atoms in total. The van der Waals surface area contributed by atoms with E-state index in [4.69, 9.17) is 52.1 Å². The minimum absolute atomic E-state index is 0.153. The Bertz CT molecular complexity index is 6340. The van der Waals surface area contributed by atoms with Gasteiger partial charge in [0.15, 0.2) is 61.1 Å². The summed E-state index contributed by atoms with van der Waals surface area (Å²) in [5.41, 5.74) is -0.153. The van der Waals surface area contributed by atoms with Crippen molar-refractivity contribution in [2.75, 3.05) is 162 Å². The van der Waals surface area contributed by atoms with Gasteiger partial charge in [-0.05, 0) is 257 Å². The van der Waals surface area contributed by atoms with Gasteiger partial charge in [-0.2, -0.15) is 26.3 Å². The first-order valence-electron chi connectivity index (χ1n) is 50.6. The number of rotatable bonds is 26. The molecule has 0 saturated carbocycles. The van der Waals surface area contributed by atoms with Crippen LogP contribution in [0.4, 0.5) is 26.3 Å². The van der Waals surface area contributed by atoms with Gasteiger partial charge in [0.05, 0.1) is 13.2 Å². The molecule has 0 aromatic heterocycles. The summed E-state index contributed by atoms with van der Waals surface area (Å²) in [5.74, 6) is 23.7. The molecule has 14 aromatic rings. The molecule has 21 rings (SSSR count). The first kappa shape index (κ1) is 109. The van der Waals surface area contributed by atoms with Crippen LogP contribution in [0.25, 0.3) is 75.4 Å². The second-order valence-electron chi connectivity index (χ2n) is 37.4. The van der Waals surface area contributed by atoms with E-state index in [2.05, 4.69) is 203 Å². The maximum Gasteiger partial charge on any atom is 0.422 e. The van der Waals surface area contributed by atoms with Crippen molar-refractivity contribution in [3.8, 4) is 40.2 Å². The topological polar surface area (TPSA) is 102 Å². The summed E-state index contributed by atoms with van der Waals surface area (Å²) in [5, 5.41) is 16.6. The monoisotopic (exact) mass is 2080 g/mol. The number of halogens is 6. The highest BCUT2D eigenvalue weighted by molar-refractivity contribution is 7.99. The fraction of sp³-hybridized carbons (Fsp3) is 0.412.